The number of hydrogen-bond acceptors (Lipinski definition) is 5. The van der Waals surface area contributed by atoms with E-state index >= 15 is 0 Å². The number of benzene rings is 2. The molecule has 0 unspecified atom stereocenters. The molecule has 1 heterocycles. The van der Waals surface area contributed by atoms with E-state index in [1.807, 2.05) is 50.2 Å². The zero-order chi connectivity index (χ0) is 25.4. The third-order valence-electron chi connectivity index (χ3n) is 5.73. The van der Waals surface area contributed by atoms with Crippen LogP contribution < -0.4 is 9.47 Å². The summed E-state index contributed by atoms with van der Waals surface area (Å²) in [7, 11) is 0. The lowest BCUT2D eigenvalue weighted by molar-refractivity contribution is -0.140. The van der Waals surface area contributed by atoms with Gasteiger partial charge in [0.15, 0.2) is 11.5 Å². The minimum atomic E-state index is -0.526. The van der Waals surface area contributed by atoms with Crippen molar-refractivity contribution in [1.82, 2.24) is 4.90 Å². The van der Waals surface area contributed by atoms with Crippen molar-refractivity contribution in [3.63, 3.8) is 0 Å². The second-order valence-electron chi connectivity index (χ2n) is 8.16. The van der Waals surface area contributed by atoms with Gasteiger partial charge in [0, 0.05) is 22.7 Å². The standard InChI is InChI=1S/C28H29ClN2O4/c1-4-6-9-14-31-27(32)22(19(3)23(17-30)28(31)33)15-20-12-13-25(26(16-20)34-5-2)35-18-21-10-7-8-11-24(21)29/h7-8,10-13,15-16H,4-6,9,14,18H2,1-3H3/b22-15+. The molecule has 2 amide bonds. The van der Waals surface area contributed by atoms with E-state index in [-0.39, 0.29) is 18.1 Å². The second-order valence-corrected chi connectivity index (χ2v) is 8.57. The minimum absolute atomic E-state index is 0.00271. The summed E-state index contributed by atoms with van der Waals surface area (Å²) in [5, 5.41) is 10.2. The highest BCUT2D eigenvalue weighted by Crippen LogP contribution is 2.33. The molecule has 1 aliphatic heterocycles. The molecule has 0 aliphatic carbocycles. The van der Waals surface area contributed by atoms with Crippen molar-refractivity contribution in [3.05, 3.63) is 75.3 Å². The molecule has 0 saturated heterocycles. The molecule has 3 rings (SSSR count). The quantitative estimate of drug-likeness (QED) is 0.227. The highest BCUT2D eigenvalue weighted by atomic mass is 35.5. The molecular formula is C28H29ClN2O4. The molecule has 0 aromatic heterocycles. The SMILES string of the molecule is CCCCCN1C(=O)C(C#N)=C(C)/C(=C\c2ccc(OCc3ccccc3Cl)c(OCC)c2)C1=O. The third-order valence-corrected chi connectivity index (χ3v) is 6.10. The van der Waals surface area contributed by atoms with Crippen LogP contribution in [0.4, 0.5) is 0 Å². The molecule has 182 valence electrons. The number of hydrogen-bond donors (Lipinski definition) is 0. The van der Waals surface area contributed by atoms with Gasteiger partial charge in [-0.15, -0.1) is 0 Å². The Morgan fingerprint density at radius 3 is 2.49 bits per heavy atom. The number of nitrogens with zero attached hydrogens (tertiary/aromatic N) is 2. The predicted octanol–water partition coefficient (Wildman–Crippen LogP) is 6.10. The van der Waals surface area contributed by atoms with Crippen molar-refractivity contribution in [3.8, 4) is 17.6 Å². The maximum Gasteiger partial charge on any atom is 0.271 e. The van der Waals surface area contributed by atoms with Gasteiger partial charge in [-0.05, 0) is 55.7 Å². The van der Waals surface area contributed by atoms with E-state index in [0.29, 0.717) is 52.8 Å². The lowest BCUT2D eigenvalue weighted by atomic mass is 9.93. The average molecular weight is 493 g/mol. The lowest BCUT2D eigenvalue weighted by Crippen LogP contribution is -2.43. The number of imide groups is 1. The predicted molar refractivity (Wildman–Crippen MR) is 136 cm³/mol. The van der Waals surface area contributed by atoms with Gasteiger partial charge < -0.3 is 9.47 Å². The average Bonchev–Trinajstić information content (AvgIpc) is 2.85. The van der Waals surface area contributed by atoms with Gasteiger partial charge >= 0.3 is 0 Å². The van der Waals surface area contributed by atoms with Gasteiger partial charge in [0.2, 0.25) is 0 Å². The largest absolute Gasteiger partial charge is 0.490 e. The number of ether oxygens (including phenoxy) is 2. The first-order chi connectivity index (χ1) is 16.9. The number of unbranched alkanes of at least 4 members (excludes halogenated alkanes) is 2. The fourth-order valence-electron chi connectivity index (χ4n) is 3.79. The van der Waals surface area contributed by atoms with E-state index < -0.39 is 5.91 Å². The Morgan fingerprint density at radius 1 is 1.03 bits per heavy atom. The van der Waals surface area contributed by atoms with Crippen molar-refractivity contribution >= 4 is 29.5 Å². The van der Waals surface area contributed by atoms with E-state index in [2.05, 4.69) is 0 Å². The second kappa shape index (κ2) is 12.2. The first-order valence-corrected chi connectivity index (χ1v) is 12.1. The zero-order valence-electron chi connectivity index (χ0n) is 20.3. The third kappa shape index (κ3) is 6.12. The Balaban J connectivity index is 1.92. The number of halogens is 1. The van der Waals surface area contributed by atoms with Crippen molar-refractivity contribution in [2.75, 3.05) is 13.2 Å². The van der Waals surface area contributed by atoms with E-state index in [4.69, 9.17) is 21.1 Å². The van der Waals surface area contributed by atoms with Crippen molar-refractivity contribution in [1.29, 1.82) is 5.26 Å². The molecule has 0 radical (unpaired) electrons. The number of carbonyl (C=O) groups is 2. The molecule has 0 atom stereocenters. The van der Waals surface area contributed by atoms with Crippen LogP contribution in [-0.4, -0.2) is 29.9 Å². The molecule has 35 heavy (non-hydrogen) atoms. The summed E-state index contributed by atoms with van der Waals surface area (Å²) in [6, 6.07) is 14.8. The smallest absolute Gasteiger partial charge is 0.271 e. The van der Waals surface area contributed by atoms with E-state index in [0.717, 1.165) is 18.4 Å². The Hall–Kier alpha value is -3.56. The summed E-state index contributed by atoms with van der Waals surface area (Å²) in [5.74, 6) is 0.154. The van der Waals surface area contributed by atoms with Gasteiger partial charge in [-0.3, -0.25) is 14.5 Å². The van der Waals surface area contributed by atoms with Crippen molar-refractivity contribution in [2.45, 2.75) is 46.6 Å². The summed E-state index contributed by atoms with van der Waals surface area (Å²) in [4.78, 5) is 27.1. The first kappa shape index (κ1) is 26.1. The van der Waals surface area contributed by atoms with Crippen LogP contribution in [0.1, 0.15) is 51.2 Å². The van der Waals surface area contributed by atoms with E-state index in [9.17, 15) is 14.9 Å². The monoisotopic (exact) mass is 492 g/mol. The van der Waals surface area contributed by atoms with Crippen LogP contribution in [0.3, 0.4) is 0 Å². The molecule has 0 fully saturated rings. The summed E-state index contributed by atoms with van der Waals surface area (Å²) in [6.45, 7) is 6.56. The summed E-state index contributed by atoms with van der Waals surface area (Å²) >= 11 is 6.23. The van der Waals surface area contributed by atoms with Gasteiger partial charge in [0.25, 0.3) is 11.8 Å². The van der Waals surface area contributed by atoms with E-state index in [1.54, 1.807) is 25.1 Å². The van der Waals surface area contributed by atoms with Crippen LogP contribution in [0.2, 0.25) is 5.02 Å². The van der Waals surface area contributed by atoms with Gasteiger partial charge in [0.05, 0.1) is 6.61 Å². The molecule has 0 saturated carbocycles. The lowest BCUT2D eigenvalue weighted by Gasteiger charge is -2.27. The Labute approximate surface area is 211 Å². The fourth-order valence-corrected chi connectivity index (χ4v) is 3.98. The summed E-state index contributed by atoms with van der Waals surface area (Å²) in [5.41, 5.74) is 2.25. The van der Waals surface area contributed by atoms with Gasteiger partial charge in [0.1, 0.15) is 18.2 Å². The number of carbonyl (C=O) groups excluding carboxylic acids is 2. The van der Waals surface area contributed by atoms with Crippen LogP contribution in [0.15, 0.2) is 59.2 Å². The number of amides is 2. The van der Waals surface area contributed by atoms with Crippen LogP contribution in [0.25, 0.3) is 6.08 Å². The molecular weight excluding hydrogens is 464 g/mol. The van der Waals surface area contributed by atoms with Crippen LogP contribution in [0.5, 0.6) is 11.5 Å². The topological polar surface area (TPSA) is 79.6 Å². The highest BCUT2D eigenvalue weighted by molar-refractivity contribution is 6.31. The molecule has 6 nitrogen and oxygen atoms in total. The van der Waals surface area contributed by atoms with Crippen LogP contribution in [-0.2, 0) is 16.2 Å². The molecule has 2 aromatic rings. The van der Waals surface area contributed by atoms with E-state index in [1.165, 1.54) is 4.90 Å². The van der Waals surface area contributed by atoms with Gasteiger partial charge in [-0.2, -0.15) is 5.26 Å². The van der Waals surface area contributed by atoms with Gasteiger partial charge in [-0.1, -0.05) is 55.6 Å². The van der Waals surface area contributed by atoms with Crippen molar-refractivity contribution in [2.24, 2.45) is 0 Å². The maximum absolute atomic E-state index is 13.2. The van der Waals surface area contributed by atoms with Crippen LogP contribution in [0, 0.1) is 11.3 Å². The molecule has 0 N–H and O–H groups in total. The molecule has 7 heteroatoms. The zero-order valence-corrected chi connectivity index (χ0v) is 21.0. The Morgan fingerprint density at radius 2 is 1.80 bits per heavy atom. The molecule has 1 aliphatic rings. The fraction of sp³-hybridized carbons (Fsp3) is 0.321. The molecule has 0 bridgehead atoms. The summed E-state index contributed by atoms with van der Waals surface area (Å²) in [6.07, 6.45) is 4.25. The Kier molecular flexibility index (Phi) is 9.11. The summed E-state index contributed by atoms with van der Waals surface area (Å²) < 4.78 is 11.7. The van der Waals surface area contributed by atoms with Crippen LogP contribution >= 0.6 is 11.6 Å². The normalized spacial score (nSPS) is 14.9. The molecule has 2 aromatic carbocycles. The number of rotatable bonds is 10. The minimum Gasteiger partial charge on any atom is -0.490 e. The van der Waals surface area contributed by atoms with Gasteiger partial charge in [-0.25, -0.2) is 0 Å². The van der Waals surface area contributed by atoms with Crippen molar-refractivity contribution < 1.29 is 19.1 Å². The first-order valence-electron chi connectivity index (χ1n) is 11.7. The number of nitriles is 1. The Bertz CT molecular complexity index is 1210. The maximum atomic E-state index is 13.2. The molecule has 0 spiro atoms. The highest BCUT2D eigenvalue weighted by Gasteiger charge is 2.35.